The number of fused-ring (bicyclic) bond motifs is 3. The van der Waals surface area contributed by atoms with E-state index in [0.29, 0.717) is 12.5 Å². The van der Waals surface area contributed by atoms with Gasteiger partial charge in [-0.25, -0.2) is 14.6 Å². The quantitative estimate of drug-likeness (QED) is 0.677. The maximum Gasteiger partial charge on any atom is 0.178 e. The van der Waals surface area contributed by atoms with E-state index in [4.69, 9.17) is 14.5 Å². The van der Waals surface area contributed by atoms with E-state index in [9.17, 15) is 0 Å². The molecule has 2 aliphatic heterocycles. The van der Waals surface area contributed by atoms with Crippen LogP contribution in [0.15, 0.2) is 30.7 Å². The Morgan fingerprint density at radius 2 is 2.00 bits per heavy atom. The van der Waals surface area contributed by atoms with Crippen molar-refractivity contribution >= 4 is 0 Å². The van der Waals surface area contributed by atoms with Crippen molar-refractivity contribution in [3.8, 4) is 34.4 Å². The molecule has 1 fully saturated rings. The lowest BCUT2D eigenvalue weighted by molar-refractivity contribution is 0.127. The maximum absolute atomic E-state index is 6.30. The number of rotatable bonds is 5. The third-order valence-electron chi connectivity index (χ3n) is 6.22. The summed E-state index contributed by atoms with van der Waals surface area (Å²) >= 11 is 0. The molecule has 1 aromatic carbocycles. The zero-order chi connectivity index (χ0) is 21.4. The predicted molar refractivity (Wildman–Crippen MR) is 118 cm³/mol. The predicted octanol–water partition coefficient (Wildman–Crippen LogP) is 3.55. The average Bonchev–Trinajstić information content (AvgIpc) is 3.39. The minimum Gasteiger partial charge on any atom is -0.491 e. The first-order valence-electron chi connectivity index (χ1n) is 11.2. The fourth-order valence-electron chi connectivity index (χ4n) is 4.48. The Kier molecular flexibility index (Phi) is 5.40. The number of hydrogen-bond acceptors (Lipinski definition) is 6. The van der Waals surface area contributed by atoms with E-state index in [2.05, 4.69) is 46.8 Å². The van der Waals surface area contributed by atoms with Crippen molar-refractivity contribution in [3.05, 3.63) is 30.7 Å². The second-order valence-electron chi connectivity index (χ2n) is 8.68. The number of aromatic nitrogens is 5. The molecule has 2 aromatic heterocycles. The lowest BCUT2D eigenvalue weighted by Crippen LogP contribution is -2.35. The van der Waals surface area contributed by atoms with Gasteiger partial charge in [0.15, 0.2) is 5.82 Å². The van der Waals surface area contributed by atoms with Crippen molar-refractivity contribution in [2.75, 3.05) is 19.7 Å². The molecule has 31 heavy (non-hydrogen) atoms. The third kappa shape index (κ3) is 3.92. The molecule has 0 saturated carbocycles. The van der Waals surface area contributed by atoms with Crippen LogP contribution in [-0.4, -0.2) is 50.1 Å². The summed E-state index contributed by atoms with van der Waals surface area (Å²) < 4.78 is 16.4. The second kappa shape index (κ2) is 8.34. The van der Waals surface area contributed by atoms with Crippen LogP contribution >= 0.6 is 0 Å². The van der Waals surface area contributed by atoms with Gasteiger partial charge in [0.1, 0.15) is 36.0 Å². The second-order valence-corrected chi connectivity index (χ2v) is 8.68. The van der Waals surface area contributed by atoms with Crippen molar-refractivity contribution in [2.24, 2.45) is 5.92 Å². The molecular weight excluding hydrogens is 392 g/mol. The minimum absolute atomic E-state index is 0.182. The molecule has 0 aliphatic carbocycles. The van der Waals surface area contributed by atoms with E-state index in [-0.39, 0.29) is 12.1 Å². The van der Waals surface area contributed by atoms with Crippen LogP contribution in [0.4, 0.5) is 0 Å². The third-order valence-corrected chi connectivity index (χ3v) is 6.22. The molecule has 1 unspecified atom stereocenters. The zero-order valence-corrected chi connectivity index (χ0v) is 18.4. The lowest BCUT2D eigenvalue weighted by atomic mass is 9.93. The van der Waals surface area contributed by atoms with Crippen LogP contribution in [0.2, 0.25) is 0 Å². The fraction of sp³-hybridized carbons (Fsp3) is 0.522. The molecule has 1 saturated heterocycles. The van der Waals surface area contributed by atoms with Crippen LogP contribution in [-0.2, 0) is 6.54 Å². The molecule has 4 heterocycles. The summed E-state index contributed by atoms with van der Waals surface area (Å²) in [6, 6.07) is 6.31. The van der Waals surface area contributed by atoms with E-state index in [1.165, 1.54) is 0 Å². The van der Waals surface area contributed by atoms with E-state index >= 15 is 0 Å². The number of piperidine rings is 1. The summed E-state index contributed by atoms with van der Waals surface area (Å²) in [5, 5.41) is 7.77. The van der Waals surface area contributed by atoms with Crippen molar-refractivity contribution in [3.63, 3.8) is 0 Å². The standard InChI is InChI=1S/C23H30N6O2/c1-15(2)29-23(25-14-26-29)20-13-28-10-11-30-21-12-18(4-5-19(21)22(28)27-20)31-16(3)17-6-8-24-9-7-17/h4-5,12-17,24H,6-11H2,1-3H3. The van der Waals surface area contributed by atoms with Crippen LogP contribution in [0.1, 0.15) is 39.7 Å². The summed E-state index contributed by atoms with van der Waals surface area (Å²) in [5.41, 5.74) is 1.80. The normalized spacial score (nSPS) is 17.5. The van der Waals surface area contributed by atoms with Gasteiger partial charge in [0, 0.05) is 18.3 Å². The summed E-state index contributed by atoms with van der Waals surface area (Å²) in [5.74, 6) is 3.93. The average molecular weight is 423 g/mol. The van der Waals surface area contributed by atoms with Crippen molar-refractivity contribution < 1.29 is 9.47 Å². The summed E-state index contributed by atoms with van der Waals surface area (Å²) in [4.78, 5) is 9.36. The highest BCUT2D eigenvalue weighted by Crippen LogP contribution is 2.37. The summed E-state index contributed by atoms with van der Waals surface area (Å²) in [6.45, 7) is 9.81. The molecule has 0 spiro atoms. The largest absolute Gasteiger partial charge is 0.491 e. The number of hydrogen-bond donors (Lipinski definition) is 1. The Morgan fingerprint density at radius 1 is 1.16 bits per heavy atom. The summed E-state index contributed by atoms with van der Waals surface area (Å²) in [6.07, 6.45) is 6.12. The van der Waals surface area contributed by atoms with Crippen molar-refractivity contribution in [1.82, 2.24) is 29.6 Å². The van der Waals surface area contributed by atoms with Gasteiger partial charge in [-0.15, -0.1) is 0 Å². The van der Waals surface area contributed by atoms with Crippen molar-refractivity contribution in [2.45, 2.75) is 52.3 Å². The van der Waals surface area contributed by atoms with Crippen LogP contribution in [0.3, 0.4) is 0 Å². The summed E-state index contributed by atoms with van der Waals surface area (Å²) in [7, 11) is 0. The van der Waals surface area contributed by atoms with Gasteiger partial charge >= 0.3 is 0 Å². The zero-order valence-electron chi connectivity index (χ0n) is 18.4. The van der Waals surface area contributed by atoms with E-state index in [0.717, 1.165) is 66.9 Å². The molecule has 0 bridgehead atoms. The monoisotopic (exact) mass is 422 g/mol. The smallest absolute Gasteiger partial charge is 0.178 e. The van der Waals surface area contributed by atoms with E-state index in [1.54, 1.807) is 6.33 Å². The van der Waals surface area contributed by atoms with Crippen molar-refractivity contribution in [1.29, 1.82) is 0 Å². The fourth-order valence-corrected chi connectivity index (χ4v) is 4.48. The molecule has 5 rings (SSSR count). The number of benzene rings is 1. The van der Waals surface area contributed by atoms with Gasteiger partial charge < -0.3 is 19.4 Å². The first-order valence-corrected chi connectivity index (χ1v) is 11.2. The number of nitrogens with one attached hydrogen (secondary N) is 1. The van der Waals surface area contributed by atoms with Gasteiger partial charge in [0.25, 0.3) is 0 Å². The first kappa shape index (κ1) is 20.1. The van der Waals surface area contributed by atoms with Crippen LogP contribution in [0.25, 0.3) is 22.9 Å². The Balaban J connectivity index is 1.42. The van der Waals surface area contributed by atoms with Crippen LogP contribution in [0.5, 0.6) is 11.5 Å². The molecule has 164 valence electrons. The SMILES string of the molecule is CC(Oc1ccc2c(c1)OCCn1cc(-c3ncnn3C(C)C)nc1-2)C1CCNCC1. The minimum atomic E-state index is 0.182. The molecule has 0 amide bonds. The Hall–Kier alpha value is -2.87. The Bertz CT molecular complexity index is 1050. The number of imidazole rings is 1. The maximum atomic E-state index is 6.30. The molecule has 3 aromatic rings. The molecule has 2 aliphatic rings. The van der Waals surface area contributed by atoms with Gasteiger partial charge in [0.05, 0.1) is 18.2 Å². The van der Waals surface area contributed by atoms with Gasteiger partial charge in [-0.1, -0.05) is 0 Å². The Morgan fingerprint density at radius 3 is 2.81 bits per heavy atom. The highest BCUT2D eigenvalue weighted by atomic mass is 16.5. The number of ether oxygens (including phenoxy) is 2. The van der Waals surface area contributed by atoms with Gasteiger partial charge in [-0.05, 0) is 64.8 Å². The topological polar surface area (TPSA) is 79.0 Å². The molecule has 8 nitrogen and oxygen atoms in total. The molecule has 1 N–H and O–H groups in total. The van der Waals surface area contributed by atoms with E-state index in [1.807, 2.05) is 23.0 Å². The highest BCUT2D eigenvalue weighted by molar-refractivity contribution is 5.69. The molecule has 0 radical (unpaired) electrons. The molecule has 1 atom stereocenters. The van der Waals surface area contributed by atoms with Crippen LogP contribution < -0.4 is 14.8 Å². The van der Waals surface area contributed by atoms with Gasteiger partial charge in [-0.2, -0.15) is 5.10 Å². The Labute approximate surface area is 182 Å². The lowest BCUT2D eigenvalue weighted by Gasteiger charge is -2.28. The highest BCUT2D eigenvalue weighted by Gasteiger charge is 2.24. The molecule has 8 heteroatoms. The van der Waals surface area contributed by atoms with Gasteiger partial charge in [0.2, 0.25) is 0 Å². The molecular formula is C23H30N6O2. The first-order chi connectivity index (χ1) is 15.1. The number of nitrogens with zero attached hydrogens (tertiary/aromatic N) is 5. The van der Waals surface area contributed by atoms with Gasteiger partial charge in [-0.3, -0.25) is 0 Å². The van der Waals surface area contributed by atoms with E-state index < -0.39 is 0 Å². The van der Waals surface area contributed by atoms with Crippen LogP contribution in [0, 0.1) is 5.92 Å².